The summed E-state index contributed by atoms with van der Waals surface area (Å²) >= 11 is 0. The topological polar surface area (TPSA) is 90.0 Å². The van der Waals surface area contributed by atoms with Gasteiger partial charge in [-0.15, -0.1) is 10.2 Å². The molecule has 3 heterocycles. The number of nitrogens with one attached hydrogen (secondary N) is 1. The Balaban J connectivity index is 1.51. The molecular formula is C17H15N7O. The summed E-state index contributed by atoms with van der Waals surface area (Å²) in [7, 11) is 0. The number of hydrogen-bond acceptors (Lipinski definition) is 5. The second-order valence-corrected chi connectivity index (χ2v) is 5.63. The molecule has 25 heavy (non-hydrogen) atoms. The summed E-state index contributed by atoms with van der Waals surface area (Å²) in [4.78, 5) is 16.7. The first kappa shape index (κ1) is 15.0. The third kappa shape index (κ3) is 3.09. The number of carbonyl (C=O) groups is 1. The minimum atomic E-state index is -0.297. The van der Waals surface area contributed by atoms with Crippen molar-refractivity contribution < 1.29 is 4.79 Å². The monoisotopic (exact) mass is 333 g/mol. The molecule has 0 atom stereocenters. The van der Waals surface area contributed by atoms with Gasteiger partial charge < -0.3 is 0 Å². The standard InChI is InChI=1S/C17H15N7O/c1-12-7-8-24-16(19-12)21-22-17(24)20-15(25)14-9-18-23(11-14)10-13-5-3-2-4-6-13/h2-9,11H,10H2,1H3,(H,20,22,25). The van der Waals surface area contributed by atoms with Gasteiger partial charge in [-0.1, -0.05) is 30.3 Å². The third-order valence-electron chi connectivity index (χ3n) is 3.73. The Morgan fingerprint density at radius 3 is 2.84 bits per heavy atom. The molecule has 1 amide bonds. The SMILES string of the molecule is Cc1ccn2c(NC(=O)c3cnn(Cc4ccccc4)c3)nnc2n1. The molecule has 0 unspecified atom stereocenters. The molecule has 4 rings (SSSR count). The van der Waals surface area contributed by atoms with Gasteiger partial charge in [0, 0.05) is 18.1 Å². The van der Waals surface area contributed by atoms with Crippen molar-refractivity contribution in [1.82, 2.24) is 29.4 Å². The molecule has 4 aromatic rings. The second kappa shape index (κ2) is 6.16. The van der Waals surface area contributed by atoms with Gasteiger partial charge in [0.05, 0.1) is 18.3 Å². The van der Waals surface area contributed by atoms with E-state index in [0.29, 0.717) is 23.8 Å². The molecule has 0 bridgehead atoms. The van der Waals surface area contributed by atoms with Crippen molar-refractivity contribution in [3.05, 3.63) is 71.8 Å². The lowest BCUT2D eigenvalue weighted by molar-refractivity contribution is 0.102. The van der Waals surface area contributed by atoms with E-state index < -0.39 is 0 Å². The summed E-state index contributed by atoms with van der Waals surface area (Å²) in [5.74, 6) is 0.465. The summed E-state index contributed by atoms with van der Waals surface area (Å²) in [6.45, 7) is 2.47. The number of rotatable bonds is 4. The van der Waals surface area contributed by atoms with Crippen molar-refractivity contribution in [1.29, 1.82) is 0 Å². The Morgan fingerprint density at radius 2 is 2.00 bits per heavy atom. The first-order chi connectivity index (χ1) is 12.2. The number of fused-ring (bicyclic) bond motifs is 1. The number of nitrogens with zero attached hydrogens (tertiary/aromatic N) is 6. The van der Waals surface area contributed by atoms with Crippen LogP contribution in [-0.4, -0.2) is 35.3 Å². The summed E-state index contributed by atoms with van der Waals surface area (Å²) in [5.41, 5.74) is 2.40. The van der Waals surface area contributed by atoms with Crippen LogP contribution >= 0.6 is 0 Å². The van der Waals surface area contributed by atoms with Gasteiger partial charge >= 0.3 is 0 Å². The van der Waals surface area contributed by atoms with Gasteiger partial charge in [-0.25, -0.2) is 4.98 Å². The number of amides is 1. The second-order valence-electron chi connectivity index (χ2n) is 5.63. The summed E-state index contributed by atoms with van der Waals surface area (Å²) in [5, 5.41) is 14.9. The molecule has 0 radical (unpaired) electrons. The number of hydrogen-bond donors (Lipinski definition) is 1. The van der Waals surface area contributed by atoms with Crippen LogP contribution in [0.25, 0.3) is 5.78 Å². The Hall–Kier alpha value is -3.55. The molecule has 3 aromatic heterocycles. The lowest BCUT2D eigenvalue weighted by Gasteiger charge is -2.02. The van der Waals surface area contributed by atoms with Gasteiger partial charge in [0.1, 0.15) is 0 Å². The zero-order chi connectivity index (χ0) is 17.2. The molecule has 0 spiro atoms. The summed E-state index contributed by atoms with van der Waals surface area (Å²) in [6, 6.07) is 11.8. The van der Waals surface area contributed by atoms with Gasteiger partial charge in [0.2, 0.25) is 5.95 Å². The highest BCUT2D eigenvalue weighted by molar-refractivity contribution is 6.03. The van der Waals surface area contributed by atoms with Gasteiger partial charge in [0.25, 0.3) is 11.7 Å². The van der Waals surface area contributed by atoms with Gasteiger partial charge in [-0.3, -0.25) is 19.2 Å². The molecule has 8 heteroatoms. The summed E-state index contributed by atoms with van der Waals surface area (Å²) in [6.07, 6.45) is 5.00. The van der Waals surface area contributed by atoms with Crippen LogP contribution in [0, 0.1) is 6.92 Å². The molecule has 1 N–H and O–H groups in total. The van der Waals surface area contributed by atoms with Crippen LogP contribution in [0.1, 0.15) is 21.6 Å². The Labute approximate surface area is 143 Å². The fourth-order valence-corrected chi connectivity index (χ4v) is 2.47. The minimum absolute atomic E-state index is 0.297. The molecule has 0 aliphatic rings. The van der Waals surface area contributed by atoms with E-state index in [1.165, 1.54) is 6.20 Å². The van der Waals surface area contributed by atoms with Crippen LogP contribution in [0.3, 0.4) is 0 Å². The van der Waals surface area contributed by atoms with Crippen molar-refractivity contribution in [2.45, 2.75) is 13.5 Å². The van der Waals surface area contributed by atoms with Crippen molar-refractivity contribution >= 4 is 17.6 Å². The third-order valence-corrected chi connectivity index (χ3v) is 3.73. The molecule has 8 nitrogen and oxygen atoms in total. The quantitative estimate of drug-likeness (QED) is 0.616. The van der Waals surface area contributed by atoms with Crippen LogP contribution in [0.15, 0.2) is 55.0 Å². The predicted octanol–water partition coefficient (Wildman–Crippen LogP) is 1.93. The fourth-order valence-electron chi connectivity index (χ4n) is 2.47. The van der Waals surface area contributed by atoms with Gasteiger partial charge in [0.15, 0.2) is 0 Å². The van der Waals surface area contributed by atoms with E-state index >= 15 is 0 Å². The average molecular weight is 333 g/mol. The Bertz CT molecular complexity index is 1040. The van der Waals surface area contributed by atoms with E-state index in [9.17, 15) is 4.79 Å². The average Bonchev–Trinajstić information content (AvgIpc) is 3.23. The predicted molar refractivity (Wildman–Crippen MR) is 91.2 cm³/mol. The number of benzene rings is 1. The first-order valence-corrected chi connectivity index (χ1v) is 7.75. The number of carbonyl (C=O) groups excluding carboxylic acids is 1. The highest BCUT2D eigenvalue weighted by Crippen LogP contribution is 2.10. The lowest BCUT2D eigenvalue weighted by atomic mass is 10.2. The highest BCUT2D eigenvalue weighted by Gasteiger charge is 2.13. The van der Waals surface area contributed by atoms with Gasteiger partial charge in [-0.05, 0) is 18.6 Å². The zero-order valence-corrected chi connectivity index (χ0v) is 13.5. The maximum Gasteiger partial charge on any atom is 0.261 e. The molecule has 0 fully saturated rings. The van der Waals surface area contributed by atoms with E-state index in [1.807, 2.05) is 43.3 Å². The molecule has 0 aliphatic heterocycles. The molecule has 0 saturated heterocycles. The van der Waals surface area contributed by atoms with Crippen LogP contribution in [0.2, 0.25) is 0 Å². The van der Waals surface area contributed by atoms with Crippen LogP contribution < -0.4 is 5.32 Å². The number of anilines is 1. The van der Waals surface area contributed by atoms with E-state index in [0.717, 1.165) is 11.3 Å². The first-order valence-electron chi connectivity index (χ1n) is 7.75. The fraction of sp³-hybridized carbons (Fsp3) is 0.118. The molecule has 0 aliphatic carbocycles. The lowest BCUT2D eigenvalue weighted by Crippen LogP contribution is -2.13. The van der Waals surface area contributed by atoms with E-state index in [4.69, 9.17) is 0 Å². The maximum atomic E-state index is 12.4. The molecule has 124 valence electrons. The zero-order valence-electron chi connectivity index (χ0n) is 13.5. The minimum Gasteiger partial charge on any atom is -0.290 e. The van der Waals surface area contributed by atoms with Crippen LogP contribution in [0.4, 0.5) is 5.95 Å². The van der Waals surface area contributed by atoms with E-state index in [2.05, 4.69) is 25.6 Å². The van der Waals surface area contributed by atoms with Crippen molar-refractivity contribution in [2.24, 2.45) is 0 Å². The van der Waals surface area contributed by atoms with E-state index in [-0.39, 0.29) is 5.91 Å². The van der Waals surface area contributed by atoms with E-state index in [1.54, 1.807) is 21.5 Å². The van der Waals surface area contributed by atoms with Crippen LogP contribution in [0.5, 0.6) is 0 Å². The highest BCUT2D eigenvalue weighted by atomic mass is 16.1. The molecule has 1 aromatic carbocycles. The largest absolute Gasteiger partial charge is 0.290 e. The van der Waals surface area contributed by atoms with Gasteiger partial charge in [-0.2, -0.15) is 5.10 Å². The van der Waals surface area contributed by atoms with Crippen molar-refractivity contribution in [3.63, 3.8) is 0 Å². The number of aryl methyl sites for hydroxylation is 1. The van der Waals surface area contributed by atoms with Crippen molar-refractivity contribution in [2.75, 3.05) is 5.32 Å². The maximum absolute atomic E-state index is 12.4. The molecule has 0 saturated carbocycles. The van der Waals surface area contributed by atoms with Crippen molar-refractivity contribution in [3.8, 4) is 0 Å². The Kier molecular flexibility index (Phi) is 3.70. The summed E-state index contributed by atoms with van der Waals surface area (Å²) < 4.78 is 3.34. The molecular weight excluding hydrogens is 318 g/mol. The normalized spacial score (nSPS) is 10.9. The number of aromatic nitrogens is 6. The Morgan fingerprint density at radius 1 is 1.16 bits per heavy atom. The smallest absolute Gasteiger partial charge is 0.261 e. The van der Waals surface area contributed by atoms with Crippen LogP contribution in [-0.2, 0) is 6.54 Å².